The van der Waals surface area contributed by atoms with Gasteiger partial charge in [-0.3, -0.25) is 4.79 Å². The topological polar surface area (TPSA) is 60.8 Å². The third kappa shape index (κ3) is 3.82. The Labute approximate surface area is 144 Å². The molecule has 2 fully saturated rings. The van der Waals surface area contributed by atoms with Crippen molar-refractivity contribution in [2.24, 2.45) is 5.92 Å². The summed E-state index contributed by atoms with van der Waals surface area (Å²) in [7, 11) is 0. The highest BCUT2D eigenvalue weighted by molar-refractivity contribution is 5.80. The second kappa shape index (κ2) is 6.96. The summed E-state index contributed by atoms with van der Waals surface area (Å²) in [6, 6.07) is 4.48. The Hall–Kier alpha value is -1.60. The van der Waals surface area contributed by atoms with E-state index in [4.69, 9.17) is 0 Å². The van der Waals surface area contributed by atoms with Gasteiger partial charge in [-0.2, -0.15) is 13.2 Å². The number of hydrogen-bond acceptors (Lipinski definition) is 3. The molecule has 1 aromatic carbocycles. The standard InChI is InChI=1S/C18H22F3NO3/c19-18(20,21)15-4-2-1-3-14(15)16-9-13(24)10-22(16)17(25)11-5-7-12(23)8-6-11/h1-4,11-13,16,23-24H,5-10H2. The van der Waals surface area contributed by atoms with Crippen LogP contribution in [-0.4, -0.2) is 39.8 Å². The highest BCUT2D eigenvalue weighted by Gasteiger charge is 2.43. The molecular formula is C18H22F3NO3. The molecule has 1 amide bonds. The van der Waals surface area contributed by atoms with Gasteiger partial charge < -0.3 is 15.1 Å². The molecule has 0 spiro atoms. The first-order valence-electron chi connectivity index (χ1n) is 8.60. The van der Waals surface area contributed by atoms with E-state index in [1.54, 1.807) is 0 Å². The molecule has 1 saturated carbocycles. The predicted molar refractivity (Wildman–Crippen MR) is 84.5 cm³/mol. The molecule has 138 valence electrons. The second-order valence-electron chi connectivity index (χ2n) is 6.99. The molecule has 2 aliphatic rings. The van der Waals surface area contributed by atoms with Crippen molar-refractivity contribution < 1.29 is 28.2 Å². The molecule has 1 saturated heterocycles. The fourth-order valence-electron chi connectivity index (χ4n) is 3.96. The predicted octanol–water partition coefficient (Wildman–Crippen LogP) is 2.89. The number of nitrogens with zero attached hydrogens (tertiary/aromatic N) is 1. The third-order valence-electron chi connectivity index (χ3n) is 5.23. The molecule has 2 unspecified atom stereocenters. The number of aliphatic hydroxyl groups excluding tert-OH is 2. The van der Waals surface area contributed by atoms with E-state index in [1.165, 1.54) is 23.1 Å². The van der Waals surface area contributed by atoms with Crippen LogP contribution in [0.15, 0.2) is 24.3 Å². The number of carbonyl (C=O) groups excluding carboxylic acids is 1. The number of rotatable bonds is 2. The van der Waals surface area contributed by atoms with Gasteiger partial charge in [-0.25, -0.2) is 0 Å². The van der Waals surface area contributed by atoms with Crippen molar-refractivity contribution in [2.75, 3.05) is 6.54 Å². The number of likely N-dealkylation sites (tertiary alicyclic amines) is 1. The number of aliphatic hydroxyl groups is 2. The van der Waals surface area contributed by atoms with Gasteiger partial charge >= 0.3 is 6.18 Å². The monoisotopic (exact) mass is 357 g/mol. The summed E-state index contributed by atoms with van der Waals surface area (Å²) in [5.74, 6) is -0.514. The summed E-state index contributed by atoms with van der Waals surface area (Å²) < 4.78 is 40.0. The van der Waals surface area contributed by atoms with Crippen LogP contribution in [0.3, 0.4) is 0 Å². The van der Waals surface area contributed by atoms with Crippen LogP contribution in [0.5, 0.6) is 0 Å². The van der Waals surface area contributed by atoms with Crippen molar-refractivity contribution in [3.05, 3.63) is 35.4 Å². The summed E-state index contributed by atoms with van der Waals surface area (Å²) in [5, 5.41) is 19.6. The van der Waals surface area contributed by atoms with Crippen molar-refractivity contribution in [2.45, 2.75) is 56.5 Å². The first-order valence-corrected chi connectivity index (χ1v) is 8.60. The number of hydrogen-bond donors (Lipinski definition) is 2. The molecule has 25 heavy (non-hydrogen) atoms. The van der Waals surface area contributed by atoms with Crippen molar-refractivity contribution in [1.82, 2.24) is 4.90 Å². The van der Waals surface area contributed by atoms with Crippen LogP contribution in [0.2, 0.25) is 0 Å². The molecule has 1 aliphatic carbocycles. The minimum atomic E-state index is -4.51. The number of amides is 1. The Balaban J connectivity index is 1.87. The number of halogens is 3. The smallest absolute Gasteiger partial charge is 0.393 e. The molecule has 4 nitrogen and oxygen atoms in total. The largest absolute Gasteiger partial charge is 0.416 e. The molecule has 0 bridgehead atoms. The SMILES string of the molecule is O=C(C1CCC(O)CC1)N1CC(O)CC1c1ccccc1C(F)(F)F. The van der Waals surface area contributed by atoms with E-state index in [9.17, 15) is 28.2 Å². The van der Waals surface area contributed by atoms with E-state index in [2.05, 4.69) is 0 Å². The lowest BCUT2D eigenvalue weighted by molar-refractivity contribution is -0.142. The highest BCUT2D eigenvalue weighted by Crippen LogP contribution is 2.41. The zero-order chi connectivity index (χ0) is 18.2. The number of alkyl halides is 3. The van der Waals surface area contributed by atoms with E-state index in [0.29, 0.717) is 25.7 Å². The zero-order valence-electron chi connectivity index (χ0n) is 13.7. The highest BCUT2D eigenvalue weighted by atomic mass is 19.4. The Morgan fingerprint density at radius 1 is 1.04 bits per heavy atom. The fourth-order valence-corrected chi connectivity index (χ4v) is 3.96. The van der Waals surface area contributed by atoms with Crippen LogP contribution in [0.4, 0.5) is 13.2 Å². The molecule has 0 aromatic heterocycles. The Morgan fingerprint density at radius 2 is 1.68 bits per heavy atom. The minimum Gasteiger partial charge on any atom is -0.393 e. The average Bonchev–Trinajstić information content (AvgIpc) is 2.96. The van der Waals surface area contributed by atoms with Gasteiger partial charge in [0.2, 0.25) is 5.91 Å². The number of benzene rings is 1. The van der Waals surface area contributed by atoms with E-state index in [1.807, 2.05) is 0 Å². The quantitative estimate of drug-likeness (QED) is 0.856. The summed E-state index contributed by atoms with van der Waals surface area (Å²) in [6.45, 7) is 0.0503. The van der Waals surface area contributed by atoms with Crippen molar-refractivity contribution >= 4 is 5.91 Å². The van der Waals surface area contributed by atoms with Crippen LogP contribution in [0.1, 0.15) is 49.3 Å². The van der Waals surface area contributed by atoms with Gasteiger partial charge in [-0.05, 0) is 43.7 Å². The van der Waals surface area contributed by atoms with Gasteiger partial charge in [-0.15, -0.1) is 0 Å². The molecule has 3 rings (SSSR count). The van der Waals surface area contributed by atoms with Crippen molar-refractivity contribution in [3.8, 4) is 0 Å². The van der Waals surface area contributed by atoms with Gasteiger partial charge in [0.15, 0.2) is 0 Å². The lowest BCUT2D eigenvalue weighted by Gasteiger charge is -2.32. The van der Waals surface area contributed by atoms with Crippen LogP contribution in [0.25, 0.3) is 0 Å². The lowest BCUT2D eigenvalue weighted by atomic mass is 9.86. The van der Waals surface area contributed by atoms with E-state index in [-0.39, 0.29) is 30.4 Å². The maximum Gasteiger partial charge on any atom is 0.416 e. The van der Waals surface area contributed by atoms with E-state index >= 15 is 0 Å². The maximum atomic E-state index is 13.3. The Kier molecular flexibility index (Phi) is 5.06. The van der Waals surface area contributed by atoms with Crippen molar-refractivity contribution in [3.63, 3.8) is 0 Å². The summed E-state index contributed by atoms with van der Waals surface area (Å²) in [6.07, 6.45) is -3.53. The fraction of sp³-hybridized carbons (Fsp3) is 0.611. The van der Waals surface area contributed by atoms with Gasteiger partial charge in [0, 0.05) is 12.5 Å². The van der Waals surface area contributed by atoms with Crippen LogP contribution >= 0.6 is 0 Å². The Morgan fingerprint density at radius 3 is 2.32 bits per heavy atom. The summed E-state index contributed by atoms with van der Waals surface area (Å²) in [5.41, 5.74) is -0.721. The molecular weight excluding hydrogens is 335 g/mol. The molecule has 2 N–H and O–H groups in total. The Bertz CT molecular complexity index is 626. The zero-order valence-corrected chi connectivity index (χ0v) is 13.7. The average molecular weight is 357 g/mol. The second-order valence-corrected chi connectivity index (χ2v) is 6.99. The summed E-state index contributed by atoms with van der Waals surface area (Å²) >= 11 is 0. The molecule has 0 radical (unpaired) electrons. The van der Waals surface area contributed by atoms with Crippen LogP contribution in [0, 0.1) is 5.92 Å². The number of carbonyl (C=O) groups is 1. The number of β-amino-alcohol motifs (C(OH)–C–C–N with tert-alkyl or cyclic N) is 1. The van der Waals surface area contributed by atoms with Crippen molar-refractivity contribution in [1.29, 1.82) is 0 Å². The normalized spacial score (nSPS) is 30.5. The summed E-state index contributed by atoms with van der Waals surface area (Å²) in [4.78, 5) is 14.2. The van der Waals surface area contributed by atoms with Gasteiger partial charge in [0.05, 0.1) is 23.8 Å². The maximum absolute atomic E-state index is 13.3. The van der Waals surface area contributed by atoms with Crippen LogP contribution in [-0.2, 0) is 11.0 Å². The van der Waals surface area contributed by atoms with Gasteiger partial charge in [-0.1, -0.05) is 18.2 Å². The van der Waals surface area contributed by atoms with Gasteiger partial charge in [0.1, 0.15) is 0 Å². The minimum absolute atomic E-state index is 0.0377. The van der Waals surface area contributed by atoms with E-state index < -0.39 is 30.0 Å². The first kappa shape index (κ1) is 18.2. The molecule has 1 aliphatic heterocycles. The third-order valence-corrected chi connectivity index (χ3v) is 5.23. The molecule has 1 aromatic rings. The lowest BCUT2D eigenvalue weighted by Crippen LogP contribution is -2.39. The molecule has 7 heteroatoms. The van der Waals surface area contributed by atoms with E-state index in [0.717, 1.165) is 6.07 Å². The first-order chi connectivity index (χ1) is 11.8. The van der Waals surface area contributed by atoms with Gasteiger partial charge in [0.25, 0.3) is 0 Å². The van der Waals surface area contributed by atoms with Crippen LogP contribution < -0.4 is 0 Å². The molecule has 1 heterocycles. The molecule has 2 atom stereocenters.